The molecule has 0 saturated carbocycles. The molecule has 8 nitrogen and oxygen atoms in total. The lowest BCUT2D eigenvalue weighted by molar-refractivity contribution is -0.385. The van der Waals surface area contributed by atoms with Gasteiger partial charge in [-0.25, -0.2) is 8.42 Å². The van der Waals surface area contributed by atoms with Crippen LogP contribution in [0.5, 0.6) is 17.2 Å². The molecule has 3 aromatic carbocycles. The second-order valence-electron chi connectivity index (χ2n) is 6.23. The van der Waals surface area contributed by atoms with E-state index in [-0.39, 0.29) is 27.0 Å². The summed E-state index contributed by atoms with van der Waals surface area (Å²) in [6, 6.07) is 14.9. The predicted octanol–water partition coefficient (Wildman–Crippen LogP) is 5.16. The molecule has 0 aliphatic carbocycles. The van der Waals surface area contributed by atoms with Gasteiger partial charge in [-0.1, -0.05) is 23.7 Å². The zero-order valence-corrected chi connectivity index (χ0v) is 17.5. The molecule has 0 atom stereocenters. The number of hydrogen-bond donors (Lipinski definition) is 1. The normalized spacial score (nSPS) is 11.0. The number of benzene rings is 3. The Hall–Kier alpha value is -3.30. The molecule has 0 amide bonds. The van der Waals surface area contributed by atoms with Gasteiger partial charge in [0.2, 0.25) is 0 Å². The fourth-order valence-electron chi connectivity index (χ4n) is 2.62. The monoisotopic (exact) mass is 448 g/mol. The van der Waals surface area contributed by atoms with Gasteiger partial charge >= 0.3 is 0 Å². The van der Waals surface area contributed by atoms with Crippen molar-refractivity contribution in [3.8, 4) is 17.2 Å². The number of nitro groups is 1. The molecule has 0 aromatic heterocycles. The largest absolute Gasteiger partial charge is 0.497 e. The molecule has 3 rings (SSSR count). The zero-order chi connectivity index (χ0) is 21.9. The Morgan fingerprint density at radius 2 is 1.77 bits per heavy atom. The predicted molar refractivity (Wildman–Crippen MR) is 113 cm³/mol. The van der Waals surface area contributed by atoms with Crippen molar-refractivity contribution in [1.82, 2.24) is 0 Å². The minimum Gasteiger partial charge on any atom is -0.497 e. The van der Waals surface area contributed by atoms with E-state index >= 15 is 0 Å². The maximum absolute atomic E-state index is 12.9. The van der Waals surface area contributed by atoms with Crippen LogP contribution in [0.3, 0.4) is 0 Å². The van der Waals surface area contributed by atoms with Crippen LogP contribution in [0.1, 0.15) is 5.56 Å². The molecule has 10 heteroatoms. The molecule has 0 spiro atoms. The second kappa shape index (κ2) is 8.60. The third-order valence-corrected chi connectivity index (χ3v) is 5.74. The molecular formula is C20H17ClN2O6S. The van der Waals surface area contributed by atoms with Crippen LogP contribution in [-0.2, 0) is 10.0 Å². The molecule has 156 valence electrons. The van der Waals surface area contributed by atoms with Gasteiger partial charge in [-0.15, -0.1) is 0 Å². The van der Waals surface area contributed by atoms with Gasteiger partial charge in [0, 0.05) is 22.7 Å². The van der Waals surface area contributed by atoms with Gasteiger partial charge in [0.1, 0.15) is 11.5 Å². The van der Waals surface area contributed by atoms with E-state index in [0.717, 1.165) is 6.07 Å². The van der Waals surface area contributed by atoms with E-state index in [1.165, 1.54) is 38.3 Å². The molecule has 0 heterocycles. The summed E-state index contributed by atoms with van der Waals surface area (Å²) in [6.45, 7) is 1.53. The number of methoxy groups -OCH3 is 1. The summed E-state index contributed by atoms with van der Waals surface area (Å²) in [7, 11) is -2.63. The second-order valence-corrected chi connectivity index (χ2v) is 8.35. The molecule has 0 saturated heterocycles. The molecule has 3 aromatic rings. The topological polar surface area (TPSA) is 108 Å². The van der Waals surface area contributed by atoms with Gasteiger partial charge in [0.05, 0.1) is 22.6 Å². The molecule has 0 unspecified atom stereocenters. The van der Waals surface area contributed by atoms with Crippen LogP contribution in [-0.4, -0.2) is 20.5 Å². The van der Waals surface area contributed by atoms with Crippen LogP contribution in [0.15, 0.2) is 65.6 Å². The first-order chi connectivity index (χ1) is 14.2. The molecule has 0 aliphatic heterocycles. The standard InChI is InChI=1S/C20H17ClN2O6S/c1-13-6-8-17(12-19(13)23(24)25)30(26,27)22-18-10-14(21)7-9-20(18)29-16-5-3-4-15(11-16)28-2/h3-12,22H,1-2H3. The SMILES string of the molecule is COc1cccc(Oc2ccc(Cl)cc2NS(=O)(=O)c2ccc(C)c([N+](=O)[O-])c2)c1. The summed E-state index contributed by atoms with van der Waals surface area (Å²) in [6.07, 6.45) is 0. The van der Waals surface area contributed by atoms with E-state index in [1.807, 2.05) is 0 Å². The minimum atomic E-state index is -4.15. The summed E-state index contributed by atoms with van der Waals surface area (Å²) >= 11 is 6.03. The summed E-state index contributed by atoms with van der Waals surface area (Å²) in [4.78, 5) is 10.3. The Morgan fingerprint density at radius 1 is 1.03 bits per heavy atom. The first-order valence-corrected chi connectivity index (χ1v) is 10.4. The number of sulfonamides is 1. The number of ether oxygens (including phenoxy) is 2. The smallest absolute Gasteiger partial charge is 0.273 e. The molecular weight excluding hydrogens is 432 g/mol. The third kappa shape index (κ3) is 4.81. The summed E-state index contributed by atoms with van der Waals surface area (Å²) in [5.41, 5.74) is 0.133. The highest BCUT2D eigenvalue weighted by molar-refractivity contribution is 7.92. The Kier molecular flexibility index (Phi) is 6.14. The lowest BCUT2D eigenvalue weighted by atomic mass is 10.2. The molecule has 0 bridgehead atoms. The van der Waals surface area contributed by atoms with Crippen molar-refractivity contribution >= 4 is 33.0 Å². The van der Waals surface area contributed by atoms with Crippen LogP contribution in [0, 0.1) is 17.0 Å². The quantitative estimate of drug-likeness (QED) is 0.395. The van der Waals surface area contributed by atoms with Crippen LogP contribution in [0.2, 0.25) is 5.02 Å². The van der Waals surface area contributed by atoms with Gasteiger partial charge in [0.15, 0.2) is 5.75 Å². The van der Waals surface area contributed by atoms with Crippen molar-refractivity contribution in [1.29, 1.82) is 0 Å². The van der Waals surface area contributed by atoms with Gasteiger partial charge in [-0.05, 0) is 43.3 Å². The first-order valence-electron chi connectivity index (χ1n) is 8.59. The summed E-state index contributed by atoms with van der Waals surface area (Å²) in [5, 5.41) is 11.4. The van der Waals surface area contributed by atoms with Crippen LogP contribution >= 0.6 is 11.6 Å². The van der Waals surface area contributed by atoms with Crippen LogP contribution < -0.4 is 14.2 Å². The van der Waals surface area contributed by atoms with E-state index < -0.39 is 14.9 Å². The van der Waals surface area contributed by atoms with Crippen molar-refractivity contribution in [2.24, 2.45) is 0 Å². The fourth-order valence-corrected chi connectivity index (χ4v) is 3.87. The maximum Gasteiger partial charge on any atom is 0.273 e. The number of anilines is 1. The molecule has 0 radical (unpaired) electrons. The summed E-state index contributed by atoms with van der Waals surface area (Å²) < 4.78 is 39.0. The average Bonchev–Trinajstić information content (AvgIpc) is 2.70. The first kappa shape index (κ1) is 21.4. The molecule has 0 fully saturated rings. The Labute approximate surface area is 178 Å². The van der Waals surface area contributed by atoms with E-state index in [1.54, 1.807) is 30.3 Å². The van der Waals surface area contributed by atoms with Crippen LogP contribution in [0.4, 0.5) is 11.4 Å². The Bertz CT molecular complexity index is 1210. The van der Waals surface area contributed by atoms with Gasteiger partial charge in [-0.2, -0.15) is 0 Å². The van der Waals surface area contributed by atoms with Crippen molar-refractivity contribution < 1.29 is 22.8 Å². The number of nitro benzene ring substituents is 1. The lowest BCUT2D eigenvalue weighted by Gasteiger charge is -2.14. The van der Waals surface area contributed by atoms with E-state index in [4.69, 9.17) is 21.1 Å². The van der Waals surface area contributed by atoms with Crippen LogP contribution in [0.25, 0.3) is 0 Å². The Balaban J connectivity index is 1.97. The number of aryl methyl sites for hydroxylation is 1. The highest BCUT2D eigenvalue weighted by atomic mass is 35.5. The Morgan fingerprint density at radius 3 is 2.47 bits per heavy atom. The van der Waals surface area contributed by atoms with Crippen molar-refractivity contribution in [2.75, 3.05) is 11.8 Å². The van der Waals surface area contributed by atoms with Crippen molar-refractivity contribution in [3.05, 3.63) is 81.4 Å². The summed E-state index contributed by atoms with van der Waals surface area (Å²) in [5.74, 6) is 1.18. The maximum atomic E-state index is 12.9. The lowest BCUT2D eigenvalue weighted by Crippen LogP contribution is -2.14. The van der Waals surface area contributed by atoms with Crippen molar-refractivity contribution in [3.63, 3.8) is 0 Å². The van der Waals surface area contributed by atoms with E-state index in [9.17, 15) is 18.5 Å². The number of rotatable bonds is 7. The van der Waals surface area contributed by atoms with E-state index in [2.05, 4.69) is 4.72 Å². The number of nitrogens with zero attached hydrogens (tertiary/aromatic N) is 1. The van der Waals surface area contributed by atoms with Gasteiger partial charge < -0.3 is 9.47 Å². The number of halogens is 1. The number of hydrogen-bond acceptors (Lipinski definition) is 6. The zero-order valence-electron chi connectivity index (χ0n) is 16.0. The highest BCUT2D eigenvalue weighted by Gasteiger charge is 2.21. The molecule has 30 heavy (non-hydrogen) atoms. The van der Waals surface area contributed by atoms with Crippen molar-refractivity contribution in [2.45, 2.75) is 11.8 Å². The molecule has 0 aliphatic rings. The van der Waals surface area contributed by atoms with Gasteiger partial charge in [-0.3, -0.25) is 14.8 Å². The minimum absolute atomic E-state index is 0.0774. The molecule has 1 N–H and O–H groups in total. The fraction of sp³-hybridized carbons (Fsp3) is 0.100. The average molecular weight is 449 g/mol. The van der Waals surface area contributed by atoms with E-state index in [0.29, 0.717) is 17.1 Å². The highest BCUT2D eigenvalue weighted by Crippen LogP contribution is 2.35. The third-order valence-electron chi connectivity index (χ3n) is 4.14. The van der Waals surface area contributed by atoms with Gasteiger partial charge in [0.25, 0.3) is 15.7 Å². The number of nitrogens with one attached hydrogen (secondary N) is 1.